The number of amides is 3. The molecule has 0 fully saturated rings. The summed E-state index contributed by atoms with van der Waals surface area (Å²) in [5.41, 5.74) is 2.66. The Bertz CT molecular complexity index is 1620. The van der Waals surface area contributed by atoms with Crippen LogP contribution in [0.15, 0.2) is 97.2 Å². The van der Waals surface area contributed by atoms with Crippen molar-refractivity contribution in [3.8, 4) is 0 Å². The second kappa shape index (κ2) is 7.64. The van der Waals surface area contributed by atoms with E-state index in [2.05, 4.69) is 10.3 Å². The van der Waals surface area contributed by atoms with E-state index in [1.165, 1.54) is 0 Å². The Kier molecular flexibility index (Phi) is 4.45. The van der Waals surface area contributed by atoms with Crippen LogP contribution in [0.3, 0.4) is 0 Å². The van der Waals surface area contributed by atoms with Gasteiger partial charge in [0.15, 0.2) is 0 Å². The third kappa shape index (κ3) is 3.04. The Balaban J connectivity index is 1.36. The summed E-state index contributed by atoms with van der Waals surface area (Å²) in [7, 11) is 0. The van der Waals surface area contributed by atoms with Gasteiger partial charge in [-0.3, -0.25) is 19.4 Å². The van der Waals surface area contributed by atoms with Crippen LogP contribution in [0.25, 0.3) is 21.7 Å². The third-order valence-corrected chi connectivity index (χ3v) is 6.01. The average Bonchev–Trinajstić information content (AvgIpc) is 3.13. The fourth-order valence-corrected chi connectivity index (χ4v) is 4.45. The maximum absolute atomic E-state index is 13.3. The van der Waals surface area contributed by atoms with E-state index < -0.39 is 0 Å². The molecular weight excluding hydrogens is 426 g/mol. The van der Waals surface area contributed by atoms with Gasteiger partial charge in [0.2, 0.25) is 0 Å². The highest BCUT2D eigenvalue weighted by atomic mass is 16.2. The molecule has 1 aliphatic rings. The van der Waals surface area contributed by atoms with Crippen LogP contribution in [-0.4, -0.2) is 22.7 Å². The van der Waals surface area contributed by atoms with E-state index >= 15 is 0 Å². The van der Waals surface area contributed by atoms with Crippen LogP contribution >= 0.6 is 0 Å². The molecule has 0 spiro atoms. The van der Waals surface area contributed by atoms with Crippen LogP contribution in [0.1, 0.15) is 31.1 Å². The summed E-state index contributed by atoms with van der Waals surface area (Å²) in [5.74, 6) is -1.09. The summed E-state index contributed by atoms with van der Waals surface area (Å²) < 4.78 is 0. The summed E-state index contributed by atoms with van der Waals surface area (Å²) in [5, 5.41) is 5.76. The highest BCUT2D eigenvalue weighted by Gasteiger charge is 2.36. The van der Waals surface area contributed by atoms with Gasteiger partial charge >= 0.3 is 0 Å². The monoisotopic (exact) mass is 443 g/mol. The minimum absolute atomic E-state index is 0.325. The second-order valence-corrected chi connectivity index (χ2v) is 8.04. The van der Waals surface area contributed by atoms with Gasteiger partial charge in [-0.15, -0.1) is 0 Å². The van der Waals surface area contributed by atoms with E-state index in [-0.39, 0.29) is 17.7 Å². The molecule has 1 aliphatic heterocycles. The van der Waals surface area contributed by atoms with Gasteiger partial charge in [-0.2, -0.15) is 0 Å². The molecule has 5 aromatic rings. The van der Waals surface area contributed by atoms with Crippen LogP contribution in [0, 0.1) is 0 Å². The fourth-order valence-electron chi connectivity index (χ4n) is 4.45. The Morgan fingerprint density at radius 1 is 0.735 bits per heavy atom. The zero-order valence-electron chi connectivity index (χ0n) is 17.9. The lowest BCUT2D eigenvalue weighted by molar-refractivity contribution is 0.0925. The predicted octanol–water partition coefficient (Wildman–Crippen LogP) is 5.44. The summed E-state index contributed by atoms with van der Waals surface area (Å²) >= 11 is 0. The average molecular weight is 443 g/mol. The molecule has 6 nitrogen and oxygen atoms in total. The van der Waals surface area contributed by atoms with Crippen molar-refractivity contribution >= 4 is 50.8 Å². The summed E-state index contributed by atoms with van der Waals surface area (Å²) in [6.45, 7) is 0. The molecule has 0 bridgehead atoms. The number of hydrogen-bond donors (Lipinski definition) is 1. The smallest absolute Gasteiger partial charge is 0.266 e. The molecule has 6 heteroatoms. The number of fused-ring (bicyclic) bond motifs is 4. The number of benzene rings is 4. The molecular formula is C28H17N3O3. The van der Waals surface area contributed by atoms with Gasteiger partial charge in [0.25, 0.3) is 17.7 Å². The van der Waals surface area contributed by atoms with Crippen molar-refractivity contribution in [2.24, 2.45) is 0 Å². The fraction of sp³-hybridized carbons (Fsp3) is 0. The summed E-state index contributed by atoms with van der Waals surface area (Å²) in [6.07, 6.45) is 1.66. The van der Waals surface area contributed by atoms with E-state index in [9.17, 15) is 14.4 Å². The molecule has 0 atom stereocenters. The standard InChI is InChI=1S/C28H17N3O3/c32-26(24-15-17-7-1-2-10-20(17)21-13-6-14-29-25(21)24)30-18-8-5-9-19(16-18)31-27(33)22-11-3-4-12-23(22)28(31)34/h1-16H,(H,30,32). The largest absolute Gasteiger partial charge is 0.322 e. The lowest BCUT2D eigenvalue weighted by Gasteiger charge is -2.16. The number of pyridine rings is 1. The van der Waals surface area contributed by atoms with E-state index in [1.54, 1.807) is 54.7 Å². The molecule has 162 valence electrons. The van der Waals surface area contributed by atoms with E-state index in [1.807, 2.05) is 42.5 Å². The molecule has 3 amide bonds. The number of carbonyl (C=O) groups is 3. The van der Waals surface area contributed by atoms with Crippen molar-refractivity contribution in [1.82, 2.24) is 4.98 Å². The molecule has 0 saturated carbocycles. The van der Waals surface area contributed by atoms with Gasteiger partial charge in [-0.05, 0) is 53.2 Å². The van der Waals surface area contributed by atoms with Crippen LogP contribution in [0.2, 0.25) is 0 Å². The first-order valence-corrected chi connectivity index (χ1v) is 10.8. The zero-order chi connectivity index (χ0) is 23.2. The van der Waals surface area contributed by atoms with Gasteiger partial charge in [-0.1, -0.05) is 48.5 Å². The molecule has 2 heterocycles. The number of nitrogens with zero attached hydrogens (tertiary/aromatic N) is 2. The zero-order valence-corrected chi connectivity index (χ0v) is 17.9. The van der Waals surface area contributed by atoms with Gasteiger partial charge in [0.05, 0.1) is 27.9 Å². The first kappa shape index (κ1) is 19.8. The molecule has 0 unspecified atom stereocenters. The Morgan fingerprint density at radius 2 is 1.44 bits per heavy atom. The minimum Gasteiger partial charge on any atom is -0.322 e. The molecule has 0 saturated heterocycles. The number of hydrogen-bond acceptors (Lipinski definition) is 4. The van der Waals surface area contributed by atoms with Crippen molar-refractivity contribution in [3.05, 3.63) is 114 Å². The Labute approximate surface area is 194 Å². The van der Waals surface area contributed by atoms with Gasteiger partial charge in [0.1, 0.15) is 0 Å². The van der Waals surface area contributed by atoms with Crippen molar-refractivity contribution in [1.29, 1.82) is 0 Å². The van der Waals surface area contributed by atoms with E-state index in [0.717, 1.165) is 21.1 Å². The van der Waals surface area contributed by atoms with Crippen molar-refractivity contribution in [2.45, 2.75) is 0 Å². The Hall–Kier alpha value is -4.84. The number of nitrogens with one attached hydrogen (secondary N) is 1. The molecule has 34 heavy (non-hydrogen) atoms. The topological polar surface area (TPSA) is 79.4 Å². The second-order valence-electron chi connectivity index (χ2n) is 8.04. The summed E-state index contributed by atoms with van der Waals surface area (Å²) in [4.78, 5) is 44.6. The van der Waals surface area contributed by atoms with Crippen LogP contribution in [0.5, 0.6) is 0 Å². The normalized spacial score (nSPS) is 12.9. The highest BCUT2D eigenvalue weighted by Crippen LogP contribution is 2.31. The number of carbonyl (C=O) groups excluding carboxylic acids is 3. The predicted molar refractivity (Wildman–Crippen MR) is 131 cm³/mol. The van der Waals surface area contributed by atoms with Crippen LogP contribution in [0.4, 0.5) is 11.4 Å². The molecule has 0 aliphatic carbocycles. The van der Waals surface area contributed by atoms with Crippen molar-refractivity contribution in [3.63, 3.8) is 0 Å². The number of aromatic nitrogens is 1. The van der Waals surface area contributed by atoms with Crippen LogP contribution < -0.4 is 10.2 Å². The quantitative estimate of drug-likeness (QED) is 0.297. The lowest BCUT2D eigenvalue weighted by atomic mass is 10.0. The third-order valence-electron chi connectivity index (χ3n) is 6.01. The number of rotatable bonds is 3. The Morgan fingerprint density at radius 3 is 2.24 bits per heavy atom. The van der Waals surface area contributed by atoms with Crippen molar-refractivity contribution < 1.29 is 14.4 Å². The lowest BCUT2D eigenvalue weighted by Crippen LogP contribution is -2.29. The van der Waals surface area contributed by atoms with Gasteiger partial charge in [-0.25, -0.2) is 4.90 Å². The van der Waals surface area contributed by atoms with Gasteiger partial charge in [0, 0.05) is 17.3 Å². The molecule has 4 aromatic carbocycles. The SMILES string of the molecule is O=C(Nc1cccc(N2C(=O)c3ccccc3C2=O)c1)c1cc2ccccc2c2cccnc12. The molecule has 1 N–H and O–H groups in total. The van der Waals surface area contributed by atoms with E-state index in [4.69, 9.17) is 0 Å². The number of anilines is 2. The van der Waals surface area contributed by atoms with Crippen molar-refractivity contribution in [2.75, 3.05) is 10.2 Å². The first-order chi connectivity index (χ1) is 16.6. The van der Waals surface area contributed by atoms with Crippen LogP contribution in [-0.2, 0) is 0 Å². The van der Waals surface area contributed by atoms with E-state index in [0.29, 0.717) is 33.6 Å². The first-order valence-electron chi connectivity index (χ1n) is 10.8. The van der Waals surface area contributed by atoms with Gasteiger partial charge < -0.3 is 5.32 Å². The maximum Gasteiger partial charge on any atom is 0.266 e. The highest BCUT2D eigenvalue weighted by molar-refractivity contribution is 6.34. The minimum atomic E-state index is -0.381. The molecule has 1 aromatic heterocycles. The summed E-state index contributed by atoms with van der Waals surface area (Å²) in [6, 6.07) is 26.9. The maximum atomic E-state index is 13.3. The molecule has 6 rings (SSSR count). The molecule has 0 radical (unpaired) electrons. The number of imide groups is 1.